The predicted octanol–water partition coefficient (Wildman–Crippen LogP) is -1.53. The van der Waals surface area contributed by atoms with Crippen LogP contribution in [0.2, 0.25) is 0 Å². The second-order valence-electron chi connectivity index (χ2n) is 6.38. The molecule has 0 saturated carbocycles. The fourth-order valence-corrected chi connectivity index (χ4v) is 2.05. The van der Waals surface area contributed by atoms with Gasteiger partial charge >= 0.3 is 11.9 Å². The number of hydrogen-bond acceptors (Lipinski definition) is 8. The third-order valence-electron chi connectivity index (χ3n) is 4.33. The molecule has 0 amide bonds. The van der Waals surface area contributed by atoms with Gasteiger partial charge in [0.25, 0.3) is 0 Å². The zero-order valence-corrected chi connectivity index (χ0v) is 14.8. The Morgan fingerprint density at radius 3 is 2.17 bits per heavy atom. The summed E-state index contributed by atoms with van der Waals surface area (Å²) >= 11 is 0. The van der Waals surface area contributed by atoms with Gasteiger partial charge in [-0.2, -0.15) is 0 Å². The third-order valence-corrected chi connectivity index (χ3v) is 4.33. The molecule has 24 heavy (non-hydrogen) atoms. The van der Waals surface area contributed by atoms with Gasteiger partial charge in [0.15, 0.2) is 0 Å². The van der Waals surface area contributed by atoms with Crippen LogP contribution in [0.3, 0.4) is 0 Å². The van der Waals surface area contributed by atoms with Crippen LogP contribution >= 0.6 is 0 Å². The summed E-state index contributed by atoms with van der Waals surface area (Å²) in [4.78, 5) is 25.0. The highest BCUT2D eigenvalue weighted by Gasteiger charge is 2.36. The van der Waals surface area contributed by atoms with Crippen molar-refractivity contribution in [2.45, 2.75) is 56.4 Å². The SMILES string of the molecule is CN(C)[C@@](C)(CCC(CN)OC(=O)[C@@H](N)CCC(O)CN)C(=O)O. The minimum Gasteiger partial charge on any atom is -0.480 e. The molecule has 0 aliphatic carbocycles. The molecule has 2 unspecified atom stereocenters. The molecular weight excluding hydrogens is 316 g/mol. The maximum Gasteiger partial charge on any atom is 0.323 e. The molecule has 0 spiro atoms. The van der Waals surface area contributed by atoms with E-state index >= 15 is 0 Å². The van der Waals surface area contributed by atoms with E-state index in [9.17, 15) is 19.8 Å². The molecule has 0 aromatic rings. The van der Waals surface area contributed by atoms with Gasteiger partial charge in [0.2, 0.25) is 0 Å². The number of carboxylic acid groups (broad SMARTS) is 1. The number of hydrogen-bond donors (Lipinski definition) is 5. The number of rotatable bonds is 12. The minimum atomic E-state index is -1.08. The van der Waals surface area contributed by atoms with E-state index < -0.39 is 35.7 Å². The van der Waals surface area contributed by atoms with Crippen molar-refractivity contribution in [3.63, 3.8) is 0 Å². The van der Waals surface area contributed by atoms with Crippen LogP contribution in [0.5, 0.6) is 0 Å². The van der Waals surface area contributed by atoms with Crippen molar-refractivity contribution < 1.29 is 24.5 Å². The van der Waals surface area contributed by atoms with E-state index in [1.54, 1.807) is 25.9 Å². The van der Waals surface area contributed by atoms with E-state index in [0.29, 0.717) is 12.8 Å². The van der Waals surface area contributed by atoms with Crippen molar-refractivity contribution in [1.82, 2.24) is 4.90 Å². The fourth-order valence-electron chi connectivity index (χ4n) is 2.05. The molecule has 0 aliphatic heterocycles. The molecule has 142 valence electrons. The molecule has 0 fully saturated rings. The van der Waals surface area contributed by atoms with E-state index in [1.807, 2.05) is 0 Å². The first-order valence-electron chi connectivity index (χ1n) is 8.03. The van der Waals surface area contributed by atoms with Gasteiger partial charge in [0.05, 0.1) is 6.10 Å². The Bertz CT molecular complexity index is 407. The van der Waals surface area contributed by atoms with Crippen LogP contribution in [0.4, 0.5) is 0 Å². The van der Waals surface area contributed by atoms with Gasteiger partial charge in [-0.3, -0.25) is 14.5 Å². The molecule has 0 aromatic heterocycles. The number of carbonyl (C=O) groups excluding carboxylic acids is 1. The number of aliphatic carboxylic acids is 1. The summed E-state index contributed by atoms with van der Waals surface area (Å²) in [6, 6.07) is -0.875. The van der Waals surface area contributed by atoms with Crippen LogP contribution in [0, 0.1) is 0 Å². The summed E-state index contributed by atoms with van der Waals surface area (Å²) < 4.78 is 5.27. The number of carbonyl (C=O) groups is 2. The second-order valence-corrected chi connectivity index (χ2v) is 6.38. The molecule has 0 aromatic carbocycles. The fraction of sp³-hybridized carbons (Fsp3) is 0.867. The monoisotopic (exact) mass is 348 g/mol. The molecule has 0 rings (SSSR count). The summed E-state index contributed by atoms with van der Waals surface area (Å²) in [5, 5.41) is 18.8. The van der Waals surface area contributed by atoms with E-state index in [4.69, 9.17) is 21.9 Å². The Hall–Kier alpha value is -1.26. The number of aliphatic hydroxyl groups excluding tert-OH is 1. The van der Waals surface area contributed by atoms with Crippen molar-refractivity contribution >= 4 is 11.9 Å². The Balaban J connectivity index is 4.54. The molecular formula is C15H32N4O5. The number of nitrogens with two attached hydrogens (primary N) is 3. The summed E-state index contributed by atoms with van der Waals surface area (Å²) in [6.07, 6.45) is -0.184. The van der Waals surface area contributed by atoms with Gasteiger partial charge in [-0.15, -0.1) is 0 Å². The summed E-state index contributed by atoms with van der Waals surface area (Å²) in [7, 11) is 3.35. The first kappa shape index (κ1) is 22.7. The minimum absolute atomic E-state index is 0.0764. The molecule has 8 N–H and O–H groups in total. The maximum atomic E-state index is 12.0. The Morgan fingerprint density at radius 1 is 1.17 bits per heavy atom. The highest BCUT2D eigenvalue weighted by molar-refractivity contribution is 5.78. The van der Waals surface area contributed by atoms with Crippen molar-refractivity contribution in [2.75, 3.05) is 27.2 Å². The van der Waals surface area contributed by atoms with Gasteiger partial charge in [-0.25, -0.2) is 0 Å². The average Bonchev–Trinajstić information content (AvgIpc) is 2.54. The zero-order chi connectivity index (χ0) is 18.9. The first-order valence-corrected chi connectivity index (χ1v) is 8.03. The van der Waals surface area contributed by atoms with Crippen LogP contribution in [0.1, 0.15) is 32.6 Å². The summed E-state index contributed by atoms with van der Waals surface area (Å²) in [5.41, 5.74) is 15.6. The van der Waals surface area contributed by atoms with Crippen LogP contribution in [-0.2, 0) is 14.3 Å². The maximum absolute atomic E-state index is 12.0. The largest absolute Gasteiger partial charge is 0.480 e. The lowest BCUT2D eigenvalue weighted by atomic mass is 9.93. The second kappa shape index (κ2) is 10.6. The highest BCUT2D eigenvalue weighted by atomic mass is 16.5. The third kappa shape index (κ3) is 7.10. The van der Waals surface area contributed by atoms with E-state index in [0.717, 1.165) is 0 Å². The number of likely N-dealkylation sites (N-methyl/N-ethyl adjacent to an activating group) is 1. The molecule has 9 heteroatoms. The lowest BCUT2D eigenvalue weighted by molar-refractivity contribution is -0.152. The number of nitrogens with zero attached hydrogens (tertiary/aromatic N) is 1. The lowest BCUT2D eigenvalue weighted by Gasteiger charge is -2.33. The van der Waals surface area contributed by atoms with E-state index in [-0.39, 0.29) is 25.9 Å². The number of aliphatic hydroxyl groups is 1. The van der Waals surface area contributed by atoms with Crippen LogP contribution < -0.4 is 17.2 Å². The molecule has 4 atom stereocenters. The Labute approximate surface area is 143 Å². The smallest absolute Gasteiger partial charge is 0.323 e. The standard InChI is InChI=1S/C15H32N4O5/c1-15(14(22)23,19(2)3)7-6-11(9-17)24-13(21)12(18)5-4-10(20)8-16/h10-12,20H,4-9,16-18H2,1-3H3,(H,22,23)/t10?,11?,12-,15-/m0/s1. The van der Waals surface area contributed by atoms with Crippen LogP contribution in [-0.4, -0.2) is 78.0 Å². The lowest BCUT2D eigenvalue weighted by Crippen LogP contribution is -2.49. The van der Waals surface area contributed by atoms with Crippen molar-refractivity contribution in [1.29, 1.82) is 0 Å². The first-order chi connectivity index (χ1) is 11.1. The van der Waals surface area contributed by atoms with Gasteiger partial charge in [0, 0.05) is 13.1 Å². The molecule has 0 heterocycles. The van der Waals surface area contributed by atoms with E-state index in [1.165, 1.54) is 0 Å². The predicted molar refractivity (Wildman–Crippen MR) is 90.2 cm³/mol. The van der Waals surface area contributed by atoms with Gasteiger partial charge in [-0.05, 0) is 46.7 Å². The molecule has 0 radical (unpaired) electrons. The topological polar surface area (TPSA) is 165 Å². The summed E-state index contributed by atoms with van der Waals surface area (Å²) in [6.45, 7) is 1.78. The number of ether oxygens (including phenoxy) is 1. The van der Waals surface area contributed by atoms with Gasteiger partial charge in [-0.1, -0.05) is 0 Å². The Kier molecular flexibility index (Phi) is 10.0. The molecule has 0 bridgehead atoms. The number of esters is 1. The molecule has 9 nitrogen and oxygen atoms in total. The normalized spacial score (nSPS) is 17.8. The average molecular weight is 348 g/mol. The van der Waals surface area contributed by atoms with Gasteiger partial charge in [0.1, 0.15) is 17.7 Å². The van der Waals surface area contributed by atoms with Crippen molar-refractivity contribution in [2.24, 2.45) is 17.2 Å². The van der Waals surface area contributed by atoms with Crippen molar-refractivity contribution in [3.05, 3.63) is 0 Å². The Morgan fingerprint density at radius 2 is 1.75 bits per heavy atom. The molecule has 0 saturated heterocycles. The number of carboxylic acids is 1. The van der Waals surface area contributed by atoms with Gasteiger partial charge < -0.3 is 32.2 Å². The molecule has 0 aliphatic rings. The van der Waals surface area contributed by atoms with E-state index in [2.05, 4.69) is 0 Å². The quantitative estimate of drug-likeness (QED) is 0.263. The van der Waals surface area contributed by atoms with Crippen LogP contribution in [0.25, 0.3) is 0 Å². The summed E-state index contributed by atoms with van der Waals surface area (Å²) in [5.74, 6) is -1.57. The zero-order valence-electron chi connectivity index (χ0n) is 14.8. The van der Waals surface area contributed by atoms with Crippen LogP contribution in [0.15, 0.2) is 0 Å². The van der Waals surface area contributed by atoms with Crippen molar-refractivity contribution in [3.8, 4) is 0 Å². The highest BCUT2D eigenvalue weighted by Crippen LogP contribution is 2.21.